The standard InChI is InChI=1S/C17H23N3OS2/c1-4-20(5-2)17(21)10-19-7-6-15-13(9-19)8-16(23-15)14-11-22-12(3)18-14/h8,11H,4-7,9-10H2,1-3H3. The molecule has 0 N–H and O–H groups in total. The maximum Gasteiger partial charge on any atom is 0.236 e. The van der Waals surface area contributed by atoms with E-state index in [1.807, 2.05) is 37.0 Å². The predicted molar refractivity (Wildman–Crippen MR) is 97.1 cm³/mol. The maximum absolute atomic E-state index is 12.3. The Balaban J connectivity index is 1.69. The van der Waals surface area contributed by atoms with Crippen molar-refractivity contribution >= 4 is 28.6 Å². The monoisotopic (exact) mass is 349 g/mol. The molecular formula is C17H23N3OS2. The molecule has 23 heavy (non-hydrogen) atoms. The molecular weight excluding hydrogens is 326 g/mol. The van der Waals surface area contributed by atoms with Crippen LogP contribution in [0.1, 0.15) is 29.3 Å². The normalized spacial score (nSPS) is 14.7. The first-order valence-corrected chi connectivity index (χ1v) is 9.84. The molecule has 0 saturated carbocycles. The van der Waals surface area contributed by atoms with Gasteiger partial charge in [-0.1, -0.05) is 0 Å². The first kappa shape index (κ1) is 16.6. The summed E-state index contributed by atoms with van der Waals surface area (Å²) >= 11 is 3.56. The van der Waals surface area contributed by atoms with Gasteiger partial charge in [-0.2, -0.15) is 0 Å². The van der Waals surface area contributed by atoms with Gasteiger partial charge < -0.3 is 4.90 Å². The number of likely N-dealkylation sites (N-methyl/N-ethyl adjacent to an activating group) is 1. The smallest absolute Gasteiger partial charge is 0.236 e. The lowest BCUT2D eigenvalue weighted by atomic mass is 10.1. The van der Waals surface area contributed by atoms with Gasteiger partial charge in [0.05, 0.1) is 22.1 Å². The minimum absolute atomic E-state index is 0.240. The largest absolute Gasteiger partial charge is 0.342 e. The Labute approximate surface area is 145 Å². The number of fused-ring (bicyclic) bond motifs is 1. The molecule has 0 spiro atoms. The van der Waals surface area contributed by atoms with Crippen LogP contribution in [-0.4, -0.2) is 46.9 Å². The predicted octanol–water partition coefficient (Wildman–Crippen LogP) is 3.41. The minimum Gasteiger partial charge on any atom is -0.342 e. The summed E-state index contributed by atoms with van der Waals surface area (Å²) in [7, 11) is 0. The summed E-state index contributed by atoms with van der Waals surface area (Å²) in [5.74, 6) is 0.240. The van der Waals surface area contributed by atoms with E-state index in [0.717, 1.165) is 43.3 Å². The number of aryl methyl sites for hydroxylation is 1. The van der Waals surface area contributed by atoms with Crippen molar-refractivity contribution in [2.75, 3.05) is 26.2 Å². The summed E-state index contributed by atoms with van der Waals surface area (Å²) in [6.45, 7) is 10.1. The number of thiazole rings is 1. The average Bonchev–Trinajstić information content (AvgIpc) is 3.14. The SMILES string of the molecule is CCN(CC)C(=O)CN1CCc2sc(-c3csc(C)n3)cc2C1. The van der Waals surface area contributed by atoms with Crippen LogP contribution in [0.5, 0.6) is 0 Å². The summed E-state index contributed by atoms with van der Waals surface area (Å²) in [6, 6.07) is 2.27. The lowest BCUT2D eigenvalue weighted by Crippen LogP contribution is -2.41. The first-order chi connectivity index (χ1) is 11.1. The second-order valence-electron chi connectivity index (χ2n) is 5.84. The number of hydrogen-bond acceptors (Lipinski definition) is 5. The van der Waals surface area contributed by atoms with Gasteiger partial charge in [-0.3, -0.25) is 9.69 Å². The number of nitrogens with zero attached hydrogens (tertiary/aromatic N) is 3. The third kappa shape index (κ3) is 3.65. The second kappa shape index (κ2) is 7.11. The molecule has 2 aromatic rings. The molecule has 124 valence electrons. The van der Waals surface area contributed by atoms with Crippen LogP contribution in [0.3, 0.4) is 0 Å². The third-order valence-corrected chi connectivity index (χ3v) is 6.33. The zero-order valence-electron chi connectivity index (χ0n) is 14.0. The molecule has 0 saturated heterocycles. The molecule has 0 aliphatic carbocycles. The lowest BCUT2D eigenvalue weighted by molar-refractivity contribution is -0.132. The lowest BCUT2D eigenvalue weighted by Gasteiger charge is -2.28. The van der Waals surface area contributed by atoms with Crippen molar-refractivity contribution in [1.82, 2.24) is 14.8 Å². The number of thiophene rings is 1. The summed E-state index contributed by atoms with van der Waals surface area (Å²) in [5.41, 5.74) is 2.46. The molecule has 3 heterocycles. The van der Waals surface area contributed by atoms with Crippen LogP contribution in [0.25, 0.3) is 10.6 Å². The first-order valence-electron chi connectivity index (χ1n) is 8.15. The zero-order chi connectivity index (χ0) is 16.4. The Hall–Kier alpha value is -1.24. The van der Waals surface area contributed by atoms with Gasteiger partial charge in [0.25, 0.3) is 0 Å². The molecule has 0 unspecified atom stereocenters. The van der Waals surface area contributed by atoms with E-state index in [9.17, 15) is 4.79 Å². The fraction of sp³-hybridized carbons (Fsp3) is 0.529. The van der Waals surface area contributed by atoms with Crippen LogP contribution in [0, 0.1) is 6.92 Å². The van der Waals surface area contributed by atoms with Gasteiger partial charge in [0.2, 0.25) is 5.91 Å². The fourth-order valence-electron chi connectivity index (χ4n) is 3.00. The van der Waals surface area contributed by atoms with Gasteiger partial charge in [0, 0.05) is 36.4 Å². The van der Waals surface area contributed by atoms with Crippen molar-refractivity contribution in [1.29, 1.82) is 0 Å². The number of carbonyl (C=O) groups is 1. The molecule has 6 heteroatoms. The Morgan fingerprint density at radius 1 is 1.39 bits per heavy atom. The van der Waals surface area contributed by atoms with Crippen LogP contribution in [-0.2, 0) is 17.8 Å². The van der Waals surface area contributed by atoms with E-state index in [-0.39, 0.29) is 5.91 Å². The summed E-state index contributed by atoms with van der Waals surface area (Å²) < 4.78 is 0. The van der Waals surface area contributed by atoms with Crippen molar-refractivity contribution in [3.63, 3.8) is 0 Å². The van der Waals surface area contributed by atoms with Gasteiger partial charge in [-0.15, -0.1) is 22.7 Å². The van der Waals surface area contributed by atoms with Crippen molar-refractivity contribution in [2.45, 2.75) is 33.7 Å². The van der Waals surface area contributed by atoms with E-state index < -0.39 is 0 Å². The molecule has 4 nitrogen and oxygen atoms in total. The Morgan fingerprint density at radius 3 is 2.83 bits per heavy atom. The van der Waals surface area contributed by atoms with E-state index in [2.05, 4.69) is 21.3 Å². The van der Waals surface area contributed by atoms with Crippen LogP contribution >= 0.6 is 22.7 Å². The average molecular weight is 350 g/mol. The number of amides is 1. The van der Waals surface area contributed by atoms with E-state index in [1.54, 1.807) is 11.3 Å². The highest BCUT2D eigenvalue weighted by molar-refractivity contribution is 7.16. The summed E-state index contributed by atoms with van der Waals surface area (Å²) in [5, 5.41) is 3.24. The third-order valence-electron chi connectivity index (χ3n) is 4.29. The molecule has 0 bridgehead atoms. The van der Waals surface area contributed by atoms with Crippen LogP contribution < -0.4 is 0 Å². The fourth-order valence-corrected chi connectivity index (χ4v) is 4.81. The van der Waals surface area contributed by atoms with E-state index in [1.165, 1.54) is 15.3 Å². The zero-order valence-corrected chi connectivity index (χ0v) is 15.6. The van der Waals surface area contributed by atoms with E-state index in [4.69, 9.17) is 0 Å². The van der Waals surface area contributed by atoms with Crippen molar-refractivity contribution < 1.29 is 4.79 Å². The summed E-state index contributed by atoms with van der Waals surface area (Å²) in [4.78, 5) is 23.8. The number of hydrogen-bond donors (Lipinski definition) is 0. The molecule has 1 aliphatic heterocycles. The van der Waals surface area contributed by atoms with Gasteiger partial charge in [0.1, 0.15) is 0 Å². The Kier molecular flexibility index (Phi) is 5.14. The van der Waals surface area contributed by atoms with E-state index in [0.29, 0.717) is 6.54 Å². The molecule has 0 atom stereocenters. The molecule has 1 aliphatic rings. The van der Waals surface area contributed by atoms with Crippen LogP contribution in [0.15, 0.2) is 11.4 Å². The van der Waals surface area contributed by atoms with Crippen molar-refractivity contribution in [3.05, 3.63) is 26.9 Å². The number of rotatable bonds is 5. The number of carbonyl (C=O) groups excluding carboxylic acids is 1. The van der Waals surface area contributed by atoms with Crippen LogP contribution in [0.4, 0.5) is 0 Å². The molecule has 0 aromatic carbocycles. The quantitative estimate of drug-likeness (QED) is 0.830. The van der Waals surface area contributed by atoms with Gasteiger partial charge in [0.15, 0.2) is 0 Å². The second-order valence-corrected chi connectivity index (χ2v) is 8.04. The highest BCUT2D eigenvalue weighted by Crippen LogP contribution is 2.35. The molecule has 0 radical (unpaired) electrons. The van der Waals surface area contributed by atoms with Gasteiger partial charge in [-0.25, -0.2) is 4.98 Å². The van der Waals surface area contributed by atoms with Gasteiger partial charge >= 0.3 is 0 Å². The van der Waals surface area contributed by atoms with E-state index >= 15 is 0 Å². The topological polar surface area (TPSA) is 36.4 Å². The van der Waals surface area contributed by atoms with Crippen molar-refractivity contribution in [3.8, 4) is 10.6 Å². The summed E-state index contributed by atoms with van der Waals surface area (Å²) in [6.07, 6.45) is 1.04. The Bertz CT molecular complexity index is 688. The van der Waals surface area contributed by atoms with Crippen LogP contribution in [0.2, 0.25) is 0 Å². The Morgan fingerprint density at radius 2 is 2.17 bits per heavy atom. The number of aromatic nitrogens is 1. The maximum atomic E-state index is 12.3. The molecule has 1 amide bonds. The molecule has 3 rings (SSSR count). The van der Waals surface area contributed by atoms with Crippen molar-refractivity contribution in [2.24, 2.45) is 0 Å². The minimum atomic E-state index is 0.240. The highest BCUT2D eigenvalue weighted by Gasteiger charge is 2.23. The molecule has 0 fully saturated rings. The highest BCUT2D eigenvalue weighted by atomic mass is 32.1. The molecule has 2 aromatic heterocycles. The van der Waals surface area contributed by atoms with Gasteiger partial charge in [-0.05, 0) is 38.8 Å².